The summed E-state index contributed by atoms with van der Waals surface area (Å²) in [4.78, 5) is 25.6. The number of anilines is 2. The summed E-state index contributed by atoms with van der Waals surface area (Å²) in [5.41, 5.74) is 2.20. The van der Waals surface area contributed by atoms with Gasteiger partial charge in [-0.2, -0.15) is 0 Å². The lowest BCUT2D eigenvalue weighted by molar-refractivity contribution is -0.117. The first-order valence-corrected chi connectivity index (χ1v) is 7.52. The van der Waals surface area contributed by atoms with E-state index in [0.717, 1.165) is 12.1 Å². The average Bonchev–Trinajstić information content (AvgIpc) is 2.97. The van der Waals surface area contributed by atoms with Gasteiger partial charge in [0.1, 0.15) is 5.82 Å². The van der Waals surface area contributed by atoms with E-state index < -0.39 is 0 Å². The van der Waals surface area contributed by atoms with Crippen LogP contribution in [0.5, 0.6) is 0 Å². The van der Waals surface area contributed by atoms with Crippen LogP contribution >= 0.6 is 0 Å². The van der Waals surface area contributed by atoms with E-state index >= 15 is 0 Å². The summed E-state index contributed by atoms with van der Waals surface area (Å²) < 4.78 is 13.5. The predicted octanol–water partition coefficient (Wildman–Crippen LogP) is 3.51. The van der Waals surface area contributed by atoms with E-state index in [1.54, 1.807) is 48.2 Å². The number of hydrogen-bond acceptors (Lipinski definition) is 2. The lowest BCUT2D eigenvalue weighted by Crippen LogP contribution is -2.23. The lowest BCUT2D eigenvalue weighted by Gasteiger charge is -2.15. The first-order valence-electron chi connectivity index (χ1n) is 7.52. The van der Waals surface area contributed by atoms with Crippen molar-refractivity contribution in [2.75, 3.05) is 16.8 Å². The molecule has 4 nitrogen and oxygen atoms in total. The van der Waals surface area contributed by atoms with Crippen LogP contribution in [0.1, 0.15) is 28.8 Å². The Bertz CT molecular complexity index is 756. The Labute approximate surface area is 133 Å². The summed E-state index contributed by atoms with van der Waals surface area (Å²) in [5, 5.41) is 2.66. The lowest BCUT2D eigenvalue weighted by atomic mass is 10.1. The van der Waals surface area contributed by atoms with Gasteiger partial charge in [-0.15, -0.1) is 0 Å². The van der Waals surface area contributed by atoms with Crippen LogP contribution in [0, 0.1) is 12.7 Å². The molecule has 1 saturated heterocycles. The number of benzene rings is 2. The van der Waals surface area contributed by atoms with E-state index in [4.69, 9.17) is 0 Å². The van der Waals surface area contributed by atoms with Gasteiger partial charge in [-0.25, -0.2) is 4.39 Å². The summed E-state index contributed by atoms with van der Waals surface area (Å²) in [5.74, 6) is -0.560. The number of rotatable bonds is 3. The highest BCUT2D eigenvalue weighted by Crippen LogP contribution is 2.22. The second kappa shape index (κ2) is 6.20. The summed E-state index contributed by atoms with van der Waals surface area (Å²) in [6, 6.07) is 11.4. The number of amides is 2. The van der Waals surface area contributed by atoms with Gasteiger partial charge in [-0.1, -0.05) is 6.07 Å². The zero-order valence-electron chi connectivity index (χ0n) is 12.8. The summed E-state index contributed by atoms with van der Waals surface area (Å²) >= 11 is 0. The van der Waals surface area contributed by atoms with E-state index in [0.29, 0.717) is 29.8 Å². The van der Waals surface area contributed by atoms with Crippen molar-refractivity contribution >= 4 is 23.2 Å². The van der Waals surface area contributed by atoms with Crippen LogP contribution in [0.4, 0.5) is 15.8 Å². The third kappa shape index (κ3) is 3.23. The second-order valence-electron chi connectivity index (χ2n) is 5.61. The van der Waals surface area contributed by atoms with Crippen molar-refractivity contribution in [2.45, 2.75) is 19.8 Å². The Balaban J connectivity index is 1.72. The number of halogens is 1. The van der Waals surface area contributed by atoms with Crippen molar-refractivity contribution in [3.63, 3.8) is 0 Å². The van der Waals surface area contributed by atoms with Gasteiger partial charge in [-0.05, 0) is 55.3 Å². The van der Waals surface area contributed by atoms with Crippen LogP contribution in [-0.4, -0.2) is 18.4 Å². The Morgan fingerprint density at radius 1 is 1.17 bits per heavy atom. The largest absolute Gasteiger partial charge is 0.322 e. The molecule has 5 heteroatoms. The highest BCUT2D eigenvalue weighted by molar-refractivity contribution is 6.04. The SMILES string of the molecule is Cc1ccc(NC(=O)c2ccc(N3CCCC3=O)cc2)cc1F. The molecule has 0 spiro atoms. The fourth-order valence-corrected chi connectivity index (χ4v) is 2.59. The molecule has 0 aliphatic carbocycles. The minimum Gasteiger partial charge on any atom is -0.322 e. The quantitative estimate of drug-likeness (QED) is 0.943. The molecule has 0 radical (unpaired) electrons. The second-order valence-corrected chi connectivity index (χ2v) is 5.61. The topological polar surface area (TPSA) is 49.4 Å². The zero-order valence-corrected chi connectivity index (χ0v) is 12.8. The van der Waals surface area contributed by atoms with Gasteiger partial charge in [-0.3, -0.25) is 9.59 Å². The first-order chi connectivity index (χ1) is 11.0. The first kappa shape index (κ1) is 15.2. The highest BCUT2D eigenvalue weighted by Gasteiger charge is 2.21. The zero-order chi connectivity index (χ0) is 16.4. The molecule has 0 bridgehead atoms. The van der Waals surface area contributed by atoms with Gasteiger partial charge in [0.15, 0.2) is 0 Å². The Kier molecular flexibility index (Phi) is 4.10. The van der Waals surface area contributed by atoms with Crippen LogP contribution in [0.3, 0.4) is 0 Å². The molecule has 2 aromatic carbocycles. The van der Waals surface area contributed by atoms with Crippen molar-refractivity contribution in [1.82, 2.24) is 0 Å². The maximum absolute atomic E-state index is 13.5. The van der Waals surface area contributed by atoms with Crippen molar-refractivity contribution in [1.29, 1.82) is 0 Å². The third-order valence-electron chi connectivity index (χ3n) is 3.94. The third-order valence-corrected chi connectivity index (χ3v) is 3.94. The van der Waals surface area contributed by atoms with E-state index in [2.05, 4.69) is 5.32 Å². The molecule has 1 N–H and O–H groups in total. The van der Waals surface area contributed by atoms with Gasteiger partial charge < -0.3 is 10.2 Å². The fraction of sp³-hybridized carbons (Fsp3) is 0.222. The highest BCUT2D eigenvalue weighted by atomic mass is 19.1. The fourth-order valence-electron chi connectivity index (χ4n) is 2.59. The van der Waals surface area contributed by atoms with E-state index in [9.17, 15) is 14.0 Å². The van der Waals surface area contributed by atoms with Crippen molar-refractivity contribution in [3.05, 3.63) is 59.4 Å². The van der Waals surface area contributed by atoms with Gasteiger partial charge in [0.25, 0.3) is 5.91 Å². The molecule has 3 rings (SSSR count). The normalized spacial score (nSPS) is 14.2. The monoisotopic (exact) mass is 312 g/mol. The maximum Gasteiger partial charge on any atom is 0.255 e. The van der Waals surface area contributed by atoms with Crippen molar-refractivity contribution in [3.8, 4) is 0 Å². The Morgan fingerprint density at radius 2 is 1.91 bits per heavy atom. The number of carbonyl (C=O) groups is 2. The minimum atomic E-state index is -0.356. The molecule has 0 aromatic heterocycles. The van der Waals surface area contributed by atoms with E-state index in [1.807, 2.05) is 0 Å². The predicted molar refractivity (Wildman–Crippen MR) is 87.1 cm³/mol. The number of nitrogens with zero attached hydrogens (tertiary/aromatic N) is 1. The van der Waals surface area contributed by atoms with Crippen molar-refractivity contribution in [2.24, 2.45) is 0 Å². The molecule has 1 fully saturated rings. The van der Waals surface area contributed by atoms with Gasteiger partial charge in [0.2, 0.25) is 5.91 Å². The molecule has 2 amide bonds. The maximum atomic E-state index is 13.5. The van der Waals surface area contributed by atoms with Crippen LogP contribution in [-0.2, 0) is 4.79 Å². The summed E-state index contributed by atoms with van der Waals surface area (Å²) in [6.07, 6.45) is 1.43. The van der Waals surface area contributed by atoms with Gasteiger partial charge >= 0.3 is 0 Å². The Hall–Kier alpha value is -2.69. The minimum absolute atomic E-state index is 0.109. The number of nitrogens with one attached hydrogen (secondary N) is 1. The average molecular weight is 312 g/mol. The molecule has 23 heavy (non-hydrogen) atoms. The molecule has 0 atom stereocenters. The molecule has 118 valence electrons. The molecule has 0 saturated carbocycles. The molecule has 1 heterocycles. The Morgan fingerprint density at radius 3 is 2.52 bits per heavy atom. The van der Waals surface area contributed by atoms with Crippen molar-refractivity contribution < 1.29 is 14.0 Å². The summed E-state index contributed by atoms with van der Waals surface area (Å²) in [7, 11) is 0. The standard InChI is InChI=1S/C18H17FN2O2/c1-12-4-7-14(11-16(12)19)20-18(23)13-5-8-15(9-6-13)21-10-2-3-17(21)22/h4-9,11H,2-3,10H2,1H3,(H,20,23). The van der Waals surface area contributed by atoms with E-state index in [-0.39, 0.29) is 17.6 Å². The smallest absolute Gasteiger partial charge is 0.255 e. The molecule has 1 aliphatic rings. The number of carbonyl (C=O) groups excluding carboxylic acids is 2. The molecule has 0 unspecified atom stereocenters. The molecule has 2 aromatic rings. The van der Waals surface area contributed by atoms with E-state index in [1.165, 1.54) is 6.07 Å². The molecular weight excluding hydrogens is 295 g/mol. The molecular formula is C18H17FN2O2. The van der Waals surface area contributed by atoms with Crippen LogP contribution in [0.15, 0.2) is 42.5 Å². The van der Waals surface area contributed by atoms with Gasteiger partial charge in [0, 0.05) is 29.9 Å². The van der Waals surface area contributed by atoms with Crippen LogP contribution < -0.4 is 10.2 Å². The van der Waals surface area contributed by atoms with Gasteiger partial charge in [0.05, 0.1) is 0 Å². The number of hydrogen-bond donors (Lipinski definition) is 1. The van der Waals surface area contributed by atoms with Crippen LogP contribution in [0.2, 0.25) is 0 Å². The summed E-state index contributed by atoms with van der Waals surface area (Å²) in [6.45, 7) is 2.38. The molecule has 1 aliphatic heterocycles. The number of aryl methyl sites for hydroxylation is 1. The van der Waals surface area contributed by atoms with Crippen LogP contribution in [0.25, 0.3) is 0 Å².